The van der Waals surface area contributed by atoms with Crippen LogP contribution in [0.3, 0.4) is 0 Å². The number of hydrogen-bond donors (Lipinski definition) is 1. The van der Waals surface area contributed by atoms with Crippen molar-refractivity contribution >= 4 is 0 Å². The first kappa shape index (κ1) is 11.8. The maximum atomic E-state index is 5.75. The van der Waals surface area contributed by atoms with Crippen molar-refractivity contribution in [2.45, 2.75) is 26.8 Å². The molecular formula is C13H19NO. The molecule has 2 N–H and O–H groups in total. The minimum atomic E-state index is 0.0804. The smallest absolute Gasteiger partial charge is 0.119 e. The van der Waals surface area contributed by atoms with Gasteiger partial charge in [0.2, 0.25) is 0 Å². The topological polar surface area (TPSA) is 35.2 Å². The fraction of sp³-hybridized carbons (Fsp3) is 0.385. The van der Waals surface area contributed by atoms with Gasteiger partial charge in [-0.1, -0.05) is 17.7 Å². The normalized spacial score (nSPS) is 12.0. The summed E-state index contributed by atoms with van der Waals surface area (Å²) < 4.78 is 5.53. The second-order valence-electron chi connectivity index (χ2n) is 3.95. The molecule has 0 aliphatic heterocycles. The number of nitrogens with two attached hydrogens (primary N) is 1. The second-order valence-corrected chi connectivity index (χ2v) is 3.95. The fourth-order valence-electron chi connectivity index (χ4n) is 1.17. The maximum Gasteiger partial charge on any atom is 0.119 e. The summed E-state index contributed by atoms with van der Waals surface area (Å²) in [5.74, 6) is 0.886. The highest BCUT2D eigenvalue weighted by Crippen LogP contribution is 2.15. The first-order valence-corrected chi connectivity index (χ1v) is 5.21. The van der Waals surface area contributed by atoms with Crippen LogP contribution < -0.4 is 10.5 Å². The number of hydrogen-bond acceptors (Lipinski definition) is 2. The Labute approximate surface area is 91.7 Å². The lowest BCUT2D eigenvalue weighted by Crippen LogP contribution is -2.04. The van der Waals surface area contributed by atoms with Crippen molar-refractivity contribution in [1.82, 2.24) is 0 Å². The van der Waals surface area contributed by atoms with E-state index in [9.17, 15) is 0 Å². The van der Waals surface area contributed by atoms with E-state index in [0.29, 0.717) is 6.61 Å². The van der Waals surface area contributed by atoms with Crippen LogP contribution in [-0.4, -0.2) is 6.61 Å². The Morgan fingerprint density at radius 1 is 1.33 bits per heavy atom. The molecular weight excluding hydrogens is 186 g/mol. The lowest BCUT2D eigenvalue weighted by Gasteiger charge is -2.07. The molecule has 2 heteroatoms. The summed E-state index contributed by atoms with van der Waals surface area (Å²) in [5, 5.41) is 0. The lowest BCUT2D eigenvalue weighted by molar-refractivity contribution is 0.362. The maximum absolute atomic E-state index is 5.75. The van der Waals surface area contributed by atoms with Crippen molar-refractivity contribution < 1.29 is 4.74 Å². The van der Waals surface area contributed by atoms with Gasteiger partial charge in [-0.2, -0.15) is 0 Å². The molecule has 0 heterocycles. The summed E-state index contributed by atoms with van der Waals surface area (Å²) in [5.41, 5.74) is 8.15. The number of ether oxygens (including phenoxy) is 1. The molecule has 1 aromatic rings. The lowest BCUT2D eigenvalue weighted by atomic mass is 10.1. The van der Waals surface area contributed by atoms with Gasteiger partial charge in [0.05, 0.1) is 0 Å². The predicted molar refractivity (Wildman–Crippen MR) is 64.0 cm³/mol. The number of benzene rings is 1. The van der Waals surface area contributed by atoms with E-state index in [2.05, 4.69) is 19.9 Å². The molecule has 0 aliphatic rings. The summed E-state index contributed by atoms with van der Waals surface area (Å²) in [7, 11) is 0. The van der Waals surface area contributed by atoms with Gasteiger partial charge in [0, 0.05) is 6.04 Å². The average Bonchev–Trinajstić information content (AvgIpc) is 2.18. The van der Waals surface area contributed by atoms with Crippen molar-refractivity contribution in [3.8, 4) is 5.75 Å². The minimum Gasteiger partial charge on any atom is -0.490 e. The molecule has 0 bridgehead atoms. The molecule has 1 rings (SSSR count). The molecule has 0 amide bonds. The monoisotopic (exact) mass is 205 g/mol. The molecule has 0 fully saturated rings. The van der Waals surface area contributed by atoms with E-state index in [1.165, 1.54) is 5.57 Å². The largest absolute Gasteiger partial charge is 0.490 e. The van der Waals surface area contributed by atoms with Gasteiger partial charge in [-0.25, -0.2) is 0 Å². The third-order valence-electron chi connectivity index (χ3n) is 2.15. The van der Waals surface area contributed by atoms with Gasteiger partial charge in [0.15, 0.2) is 0 Å². The molecule has 1 atom stereocenters. The van der Waals surface area contributed by atoms with Crippen LogP contribution in [-0.2, 0) is 0 Å². The highest BCUT2D eigenvalue weighted by molar-refractivity contribution is 5.28. The molecule has 82 valence electrons. The van der Waals surface area contributed by atoms with E-state index in [4.69, 9.17) is 10.5 Å². The van der Waals surface area contributed by atoms with E-state index in [-0.39, 0.29) is 6.04 Å². The van der Waals surface area contributed by atoms with Crippen molar-refractivity contribution in [3.05, 3.63) is 41.5 Å². The molecule has 0 saturated heterocycles. The number of allylic oxidation sites excluding steroid dienone is 1. The molecule has 0 radical (unpaired) electrons. The molecule has 0 aliphatic carbocycles. The van der Waals surface area contributed by atoms with Crippen LogP contribution in [0.2, 0.25) is 0 Å². The van der Waals surface area contributed by atoms with E-state index >= 15 is 0 Å². The zero-order valence-corrected chi connectivity index (χ0v) is 9.66. The number of rotatable bonds is 4. The van der Waals surface area contributed by atoms with Crippen LogP contribution in [0.15, 0.2) is 35.9 Å². The van der Waals surface area contributed by atoms with Crippen LogP contribution in [0, 0.1) is 0 Å². The molecule has 2 nitrogen and oxygen atoms in total. The summed E-state index contributed by atoms with van der Waals surface area (Å²) in [6.45, 7) is 6.71. The first-order chi connectivity index (χ1) is 7.09. The van der Waals surface area contributed by atoms with Crippen LogP contribution in [0.25, 0.3) is 0 Å². The third kappa shape index (κ3) is 4.17. The summed E-state index contributed by atoms with van der Waals surface area (Å²) in [6.07, 6.45) is 2.06. The summed E-state index contributed by atoms with van der Waals surface area (Å²) in [6, 6.07) is 8.00. The molecule has 1 aromatic carbocycles. The SMILES string of the molecule is CC(C)=CCOc1ccc(C(C)N)cc1. The van der Waals surface area contributed by atoms with Gasteiger partial charge < -0.3 is 10.5 Å². The molecule has 0 aromatic heterocycles. The average molecular weight is 205 g/mol. The Balaban J connectivity index is 2.53. The van der Waals surface area contributed by atoms with Crippen LogP contribution >= 0.6 is 0 Å². The highest BCUT2D eigenvalue weighted by atomic mass is 16.5. The first-order valence-electron chi connectivity index (χ1n) is 5.21. The Morgan fingerprint density at radius 2 is 1.93 bits per heavy atom. The van der Waals surface area contributed by atoms with Crippen molar-refractivity contribution in [2.24, 2.45) is 5.73 Å². The van der Waals surface area contributed by atoms with E-state index in [1.807, 2.05) is 31.2 Å². The third-order valence-corrected chi connectivity index (χ3v) is 2.15. The zero-order valence-electron chi connectivity index (χ0n) is 9.66. The van der Waals surface area contributed by atoms with Gasteiger partial charge in [0.1, 0.15) is 12.4 Å². The zero-order chi connectivity index (χ0) is 11.3. The van der Waals surface area contributed by atoms with Gasteiger partial charge in [-0.05, 0) is 44.5 Å². The van der Waals surface area contributed by atoms with Crippen molar-refractivity contribution in [1.29, 1.82) is 0 Å². The van der Waals surface area contributed by atoms with Gasteiger partial charge in [0.25, 0.3) is 0 Å². The fourth-order valence-corrected chi connectivity index (χ4v) is 1.17. The van der Waals surface area contributed by atoms with Crippen LogP contribution in [0.1, 0.15) is 32.4 Å². The molecule has 15 heavy (non-hydrogen) atoms. The van der Waals surface area contributed by atoms with Gasteiger partial charge >= 0.3 is 0 Å². The van der Waals surface area contributed by atoms with Crippen molar-refractivity contribution in [3.63, 3.8) is 0 Å². The van der Waals surface area contributed by atoms with Gasteiger partial charge in [-0.15, -0.1) is 0 Å². The second kappa shape index (κ2) is 5.56. The highest BCUT2D eigenvalue weighted by Gasteiger charge is 1.98. The van der Waals surface area contributed by atoms with E-state index < -0.39 is 0 Å². The minimum absolute atomic E-state index is 0.0804. The van der Waals surface area contributed by atoms with Crippen LogP contribution in [0.5, 0.6) is 5.75 Å². The quantitative estimate of drug-likeness (QED) is 0.767. The Bertz CT molecular complexity index is 321. The summed E-state index contributed by atoms with van der Waals surface area (Å²) >= 11 is 0. The Kier molecular flexibility index (Phi) is 4.37. The van der Waals surface area contributed by atoms with E-state index in [0.717, 1.165) is 11.3 Å². The Morgan fingerprint density at radius 3 is 2.40 bits per heavy atom. The van der Waals surface area contributed by atoms with E-state index in [1.54, 1.807) is 0 Å². The predicted octanol–water partition coefficient (Wildman–Crippen LogP) is 3.05. The standard InChI is InChI=1S/C13H19NO/c1-10(2)8-9-15-13-6-4-12(5-7-13)11(3)14/h4-8,11H,9,14H2,1-3H3. The molecule has 0 saturated carbocycles. The Hall–Kier alpha value is -1.28. The van der Waals surface area contributed by atoms with Crippen LogP contribution in [0.4, 0.5) is 0 Å². The summed E-state index contributed by atoms with van der Waals surface area (Å²) in [4.78, 5) is 0. The molecule has 0 spiro atoms. The van der Waals surface area contributed by atoms with Crippen molar-refractivity contribution in [2.75, 3.05) is 6.61 Å². The van der Waals surface area contributed by atoms with Gasteiger partial charge in [-0.3, -0.25) is 0 Å². The molecule has 1 unspecified atom stereocenters.